The van der Waals surface area contributed by atoms with Crippen molar-refractivity contribution in [2.75, 3.05) is 26.2 Å². The maximum atomic E-state index is 5.31. The van der Waals surface area contributed by atoms with Crippen molar-refractivity contribution < 1.29 is 4.42 Å². The van der Waals surface area contributed by atoms with Gasteiger partial charge in [-0.15, -0.1) is 0 Å². The van der Waals surface area contributed by atoms with Crippen LogP contribution in [0.3, 0.4) is 0 Å². The Morgan fingerprint density at radius 1 is 1.26 bits per heavy atom. The van der Waals surface area contributed by atoms with E-state index in [1.807, 2.05) is 12.1 Å². The molecule has 1 aliphatic rings. The van der Waals surface area contributed by atoms with Crippen LogP contribution in [-0.4, -0.2) is 31.1 Å². The molecule has 0 radical (unpaired) electrons. The second kappa shape index (κ2) is 7.11. The molecule has 2 heterocycles. The van der Waals surface area contributed by atoms with E-state index in [1.54, 1.807) is 6.26 Å². The Bertz CT molecular complexity index is 334. The second-order valence-electron chi connectivity index (χ2n) is 5.80. The fraction of sp³-hybridized carbons (Fsp3) is 0.750. The average Bonchev–Trinajstić information content (AvgIpc) is 2.98. The van der Waals surface area contributed by atoms with Gasteiger partial charge in [0.15, 0.2) is 0 Å². The van der Waals surface area contributed by atoms with Crippen molar-refractivity contribution in [1.82, 2.24) is 10.2 Å². The predicted octanol–water partition coefficient (Wildman–Crippen LogP) is 3.27. The summed E-state index contributed by atoms with van der Waals surface area (Å²) in [5, 5.41) is 3.45. The van der Waals surface area contributed by atoms with Gasteiger partial charge in [0.1, 0.15) is 5.76 Å². The molecule has 3 heteroatoms. The largest absolute Gasteiger partial charge is 0.468 e. The van der Waals surface area contributed by atoms with Crippen LogP contribution in [-0.2, 0) is 6.54 Å². The van der Waals surface area contributed by atoms with Crippen LogP contribution in [0.1, 0.15) is 45.3 Å². The highest BCUT2D eigenvalue weighted by Gasteiger charge is 2.30. The van der Waals surface area contributed by atoms with Crippen molar-refractivity contribution in [3.8, 4) is 0 Å². The normalized spacial score (nSPS) is 19.7. The van der Waals surface area contributed by atoms with E-state index in [1.165, 1.54) is 38.8 Å². The van der Waals surface area contributed by atoms with E-state index in [0.29, 0.717) is 5.41 Å². The number of rotatable bonds is 7. The summed E-state index contributed by atoms with van der Waals surface area (Å²) in [6, 6.07) is 3.96. The molecule has 1 saturated heterocycles. The Kier molecular flexibility index (Phi) is 5.46. The summed E-state index contributed by atoms with van der Waals surface area (Å²) in [5.41, 5.74) is 0.637. The minimum absolute atomic E-state index is 0.637. The second-order valence-corrected chi connectivity index (χ2v) is 5.80. The lowest BCUT2D eigenvalue weighted by Gasteiger charge is -2.41. The minimum atomic E-state index is 0.637. The molecule has 1 N–H and O–H groups in total. The molecule has 0 aromatic carbocycles. The molecule has 1 aromatic heterocycles. The third-order valence-electron chi connectivity index (χ3n) is 4.90. The van der Waals surface area contributed by atoms with E-state index in [2.05, 4.69) is 24.1 Å². The average molecular weight is 264 g/mol. The topological polar surface area (TPSA) is 28.4 Å². The number of piperidine rings is 1. The van der Waals surface area contributed by atoms with Gasteiger partial charge in [0, 0.05) is 13.1 Å². The van der Waals surface area contributed by atoms with Crippen LogP contribution < -0.4 is 5.32 Å². The Labute approximate surface area is 117 Å². The molecule has 108 valence electrons. The number of nitrogens with one attached hydrogen (secondary N) is 1. The smallest absolute Gasteiger partial charge is 0.117 e. The molecule has 3 nitrogen and oxygen atoms in total. The molecular weight excluding hydrogens is 236 g/mol. The summed E-state index contributed by atoms with van der Waals surface area (Å²) in [4.78, 5) is 2.60. The summed E-state index contributed by atoms with van der Waals surface area (Å²) < 4.78 is 5.31. The van der Waals surface area contributed by atoms with Crippen LogP contribution in [0, 0.1) is 5.41 Å². The first-order chi connectivity index (χ1) is 9.28. The van der Waals surface area contributed by atoms with Crippen molar-refractivity contribution in [1.29, 1.82) is 0 Å². The third-order valence-corrected chi connectivity index (χ3v) is 4.90. The van der Waals surface area contributed by atoms with Gasteiger partial charge < -0.3 is 14.6 Å². The van der Waals surface area contributed by atoms with Gasteiger partial charge in [-0.25, -0.2) is 0 Å². The first kappa shape index (κ1) is 14.6. The number of hydrogen-bond donors (Lipinski definition) is 1. The van der Waals surface area contributed by atoms with Crippen molar-refractivity contribution in [2.24, 2.45) is 5.41 Å². The molecule has 0 bridgehead atoms. The monoisotopic (exact) mass is 264 g/mol. The van der Waals surface area contributed by atoms with Crippen LogP contribution in [0.25, 0.3) is 0 Å². The number of nitrogens with zero attached hydrogens (tertiary/aromatic N) is 1. The van der Waals surface area contributed by atoms with Gasteiger partial charge in [-0.05, 0) is 43.5 Å². The zero-order valence-corrected chi connectivity index (χ0v) is 12.5. The fourth-order valence-electron chi connectivity index (χ4n) is 3.07. The van der Waals surface area contributed by atoms with Gasteiger partial charge in [-0.3, -0.25) is 0 Å². The van der Waals surface area contributed by atoms with E-state index in [-0.39, 0.29) is 0 Å². The molecule has 0 aliphatic carbocycles. The number of likely N-dealkylation sites (tertiary alicyclic amines) is 1. The predicted molar refractivity (Wildman–Crippen MR) is 79.1 cm³/mol. The van der Waals surface area contributed by atoms with Crippen molar-refractivity contribution in [3.63, 3.8) is 0 Å². The van der Waals surface area contributed by atoms with E-state index >= 15 is 0 Å². The summed E-state index contributed by atoms with van der Waals surface area (Å²) >= 11 is 0. The van der Waals surface area contributed by atoms with Crippen LogP contribution >= 0.6 is 0 Å². The Morgan fingerprint density at radius 2 is 2.00 bits per heavy atom. The molecule has 1 aliphatic heterocycles. The molecule has 0 amide bonds. The van der Waals surface area contributed by atoms with E-state index in [0.717, 1.165) is 25.4 Å². The van der Waals surface area contributed by atoms with Gasteiger partial charge in [0.05, 0.1) is 12.8 Å². The van der Waals surface area contributed by atoms with Crippen LogP contribution in [0.4, 0.5) is 0 Å². The standard InChI is InChI=1S/C16H28N2O/c1-3-16(4-2)7-10-18(11-8-16)12-9-17-14-15-6-5-13-19-15/h5-6,13,17H,3-4,7-12,14H2,1-2H3. The lowest BCUT2D eigenvalue weighted by atomic mass is 9.74. The highest BCUT2D eigenvalue weighted by Crippen LogP contribution is 2.37. The van der Waals surface area contributed by atoms with Crippen molar-refractivity contribution in [3.05, 3.63) is 24.2 Å². The van der Waals surface area contributed by atoms with Crippen LogP contribution in [0.5, 0.6) is 0 Å². The Balaban J connectivity index is 1.60. The highest BCUT2D eigenvalue weighted by atomic mass is 16.3. The lowest BCUT2D eigenvalue weighted by Crippen LogP contribution is -2.42. The van der Waals surface area contributed by atoms with Crippen molar-refractivity contribution >= 4 is 0 Å². The molecule has 2 rings (SSSR count). The quantitative estimate of drug-likeness (QED) is 0.766. The summed E-state index contributed by atoms with van der Waals surface area (Å²) in [5.74, 6) is 1.02. The van der Waals surface area contributed by atoms with E-state index in [4.69, 9.17) is 4.42 Å². The Hall–Kier alpha value is -0.800. The van der Waals surface area contributed by atoms with Gasteiger partial charge in [-0.2, -0.15) is 0 Å². The van der Waals surface area contributed by atoms with Gasteiger partial charge >= 0.3 is 0 Å². The molecule has 19 heavy (non-hydrogen) atoms. The lowest BCUT2D eigenvalue weighted by molar-refractivity contribution is 0.0959. The molecule has 0 spiro atoms. The third kappa shape index (κ3) is 4.08. The molecule has 1 fully saturated rings. The summed E-state index contributed by atoms with van der Waals surface area (Å²) in [6.45, 7) is 10.3. The fourth-order valence-corrected chi connectivity index (χ4v) is 3.07. The molecule has 1 aromatic rings. The zero-order chi connectivity index (χ0) is 13.6. The van der Waals surface area contributed by atoms with Gasteiger partial charge in [-0.1, -0.05) is 26.7 Å². The Morgan fingerprint density at radius 3 is 2.58 bits per heavy atom. The minimum Gasteiger partial charge on any atom is -0.468 e. The summed E-state index contributed by atoms with van der Waals surface area (Å²) in [7, 11) is 0. The highest BCUT2D eigenvalue weighted by molar-refractivity contribution is 4.97. The number of furan rings is 1. The zero-order valence-electron chi connectivity index (χ0n) is 12.5. The first-order valence-electron chi connectivity index (χ1n) is 7.73. The van der Waals surface area contributed by atoms with E-state index in [9.17, 15) is 0 Å². The molecular formula is C16H28N2O. The van der Waals surface area contributed by atoms with Crippen LogP contribution in [0.15, 0.2) is 22.8 Å². The maximum Gasteiger partial charge on any atom is 0.117 e. The maximum absolute atomic E-state index is 5.31. The van der Waals surface area contributed by atoms with Crippen LogP contribution in [0.2, 0.25) is 0 Å². The molecule has 0 atom stereocenters. The van der Waals surface area contributed by atoms with Gasteiger partial charge in [0.2, 0.25) is 0 Å². The van der Waals surface area contributed by atoms with E-state index < -0.39 is 0 Å². The van der Waals surface area contributed by atoms with Gasteiger partial charge in [0.25, 0.3) is 0 Å². The molecule has 0 saturated carbocycles. The SMILES string of the molecule is CCC1(CC)CCN(CCNCc2ccco2)CC1. The van der Waals surface area contributed by atoms with Crippen molar-refractivity contribution in [2.45, 2.75) is 46.1 Å². The molecule has 0 unspecified atom stereocenters. The summed E-state index contributed by atoms with van der Waals surface area (Å²) in [6.07, 6.45) is 7.16. The first-order valence-corrected chi connectivity index (χ1v) is 7.73. The number of hydrogen-bond acceptors (Lipinski definition) is 3.